The maximum Gasteiger partial charge on any atom is -0.0340 e. The third-order valence-corrected chi connectivity index (χ3v) is 3.44. The van der Waals surface area contributed by atoms with E-state index in [1.165, 1.54) is 32.1 Å². The zero-order valence-corrected chi connectivity index (χ0v) is 11.2. The van der Waals surface area contributed by atoms with Crippen molar-refractivity contribution in [3.05, 3.63) is 0 Å². The second-order valence-corrected chi connectivity index (χ2v) is 5.72. The van der Waals surface area contributed by atoms with Gasteiger partial charge in [0.1, 0.15) is 0 Å². The molecule has 0 saturated heterocycles. The molecule has 0 aliphatic heterocycles. The molecule has 86 valence electrons. The van der Waals surface area contributed by atoms with Crippen LogP contribution >= 0.6 is 0 Å². The lowest BCUT2D eigenvalue weighted by Crippen LogP contribution is -2.27. The summed E-state index contributed by atoms with van der Waals surface area (Å²) in [5.74, 6) is 1.86. The molecule has 0 aromatic carbocycles. The second-order valence-electron chi connectivity index (χ2n) is 5.72. The summed E-state index contributed by atoms with van der Waals surface area (Å²) < 4.78 is 0. The van der Waals surface area contributed by atoms with Gasteiger partial charge in [-0.3, -0.25) is 0 Å². The maximum absolute atomic E-state index is 2.40. The lowest BCUT2D eigenvalue weighted by Gasteiger charge is -2.36. The topological polar surface area (TPSA) is 0 Å². The molecule has 0 aromatic rings. The SMILES string of the molecule is CCCC(CCC)C(CC)C(C)(C)C. The highest BCUT2D eigenvalue weighted by Gasteiger charge is 2.29. The highest BCUT2D eigenvalue weighted by atomic mass is 14.3. The minimum absolute atomic E-state index is 0.490. The standard InChI is InChI=1S/C14H30/c1-7-10-12(11-8-2)13(9-3)14(4,5)6/h12-13H,7-11H2,1-6H3. The summed E-state index contributed by atoms with van der Waals surface area (Å²) >= 11 is 0. The first kappa shape index (κ1) is 14.0. The minimum Gasteiger partial charge on any atom is -0.0654 e. The molecule has 0 aromatic heterocycles. The van der Waals surface area contributed by atoms with Crippen LogP contribution in [0.1, 0.15) is 73.6 Å². The zero-order chi connectivity index (χ0) is 11.2. The Labute approximate surface area is 91.5 Å². The van der Waals surface area contributed by atoms with Crippen LogP contribution in [-0.2, 0) is 0 Å². The molecular weight excluding hydrogens is 168 g/mol. The van der Waals surface area contributed by atoms with Gasteiger partial charge >= 0.3 is 0 Å². The fraction of sp³-hybridized carbons (Fsp3) is 1.00. The minimum atomic E-state index is 0.490. The van der Waals surface area contributed by atoms with Crippen molar-refractivity contribution in [2.75, 3.05) is 0 Å². The Morgan fingerprint density at radius 1 is 0.857 bits per heavy atom. The fourth-order valence-electron chi connectivity index (χ4n) is 2.94. The molecule has 0 radical (unpaired) electrons. The molecule has 0 spiro atoms. The van der Waals surface area contributed by atoms with Crippen molar-refractivity contribution >= 4 is 0 Å². The third-order valence-electron chi connectivity index (χ3n) is 3.44. The summed E-state index contributed by atoms with van der Waals surface area (Å²) in [7, 11) is 0. The van der Waals surface area contributed by atoms with Crippen LogP contribution in [0.25, 0.3) is 0 Å². The van der Waals surface area contributed by atoms with E-state index >= 15 is 0 Å². The van der Waals surface area contributed by atoms with Crippen LogP contribution in [0.5, 0.6) is 0 Å². The summed E-state index contributed by atoms with van der Waals surface area (Å²) in [5, 5.41) is 0. The Balaban J connectivity index is 4.41. The lowest BCUT2D eigenvalue weighted by atomic mass is 9.69. The molecule has 0 nitrogen and oxygen atoms in total. The molecule has 0 bridgehead atoms. The summed E-state index contributed by atoms with van der Waals surface area (Å²) in [5.41, 5.74) is 0.490. The lowest BCUT2D eigenvalue weighted by molar-refractivity contribution is 0.135. The van der Waals surface area contributed by atoms with Gasteiger partial charge in [0, 0.05) is 0 Å². The zero-order valence-electron chi connectivity index (χ0n) is 11.2. The Bertz CT molecular complexity index is 123. The van der Waals surface area contributed by atoms with Crippen molar-refractivity contribution < 1.29 is 0 Å². The van der Waals surface area contributed by atoms with E-state index in [0.717, 1.165) is 11.8 Å². The quantitative estimate of drug-likeness (QED) is 0.545. The molecule has 1 unspecified atom stereocenters. The monoisotopic (exact) mass is 198 g/mol. The van der Waals surface area contributed by atoms with Crippen LogP contribution in [0.4, 0.5) is 0 Å². The molecule has 0 heteroatoms. The Kier molecular flexibility index (Phi) is 6.48. The maximum atomic E-state index is 2.40. The van der Waals surface area contributed by atoms with E-state index in [-0.39, 0.29) is 0 Å². The van der Waals surface area contributed by atoms with Gasteiger partial charge in [-0.1, -0.05) is 73.6 Å². The second kappa shape index (κ2) is 6.48. The Morgan fingerprint density at radius 2 is 1.29 bits per heavy atom. The molecule has 0 saturated carbocycles. The molecule has 0 aliphatic carbocycles. The molecule has 0 aliphatic rings. The highest BCUT2D eigenvalue weighted by Crippen LogP contribution is 2.38. The van der Waals surface area contributed by atoms with Gasteiger partial charge in [-0.2, -0.15) is 0 Å². The molecule has 0 N–H and O–H groups in total. The van der Waals surface area contributed by atoms with Crippen molar-refractivity contribution in [3.8, 4) is 0 Å². The van der Waals surface area contributed by atoms with Crippen LogP contribution in [0, 0.1) is 17.3 Å². The summed E-state index contributed by atoms with van der Waals surface area (Å²) in [6.07, 6.45) is 6.87. The first-order valence-corrected chi connectivity index (χ1v) is 6.47. The first-order valence-electron chi connectivity index (χ1n) is 6.47. The number of hydrogen-bond acceptors (Lipinski definition) is 0. The predicted molar refractivity (Wildman–Crippen MR) is 66.5 cm³/mol. The van der Waals surface area contributed by atoms with Crippen LogP contribution in [0.15, 0.2) is 0 Å². The van der Waals surface area contributed by atoms with Crippen molar-refractivity contribution in [1.82, 2.24) is 0 Å². The normalized spacial score (nSPS) is 14.8. The number of rotatable bonds is 6. The van der Waals surface area contributed by atoms with Gasteiger partial charge in [0.05, 0.1) is 0 Å². The highest BCUT2D eigenvalue weighted by molar-refractivity contribution is 4.79. The van der Waals surface area contributed by atoms with E-state index < -0.39 is 0 Å². The van der Waals surface area contributed by atoms with Gasteiger partial charge in [0.25, 0.3) is 0 Å². The molecule has 0 heterocycles. The van der Waals surface area contributed by atoms with Crippen molar-refractivity contribution in [2.45, 2.75) is 73.6 Å². The van der Waals surface area contributed by atoms with Gasteiger partial charge in [0.15, 0.2) is 0 Å². The molecule has 0 rings (SSSR count). The molecule has 1 atom stereocenters. The van der Waals surface area contributed by atoms with E-state index in [9.17, 15) is 0 Å². The van der Waals surface area contributed by atoms with E-state index in [1.54, 1.807) is 0 Å². The molecular formula is C14H30. The van der Waals surface area contributed by atoms with Gasteiger partial charge in [-0.15, -0.1) is 0 Å². The first-order chi connectivity index (χ1) is 6.47. The van der Waals surface area contributed by atoms with Crippen molar-refractivity contribution in [2.24, 2.45) is 17.3 Å². The van der Waals surface area contributed by atoms with E-state index in [0.29, 0.717) is 5.41 Å². The average molecular weight is 198 g/mol. The largest absolute Gasteiger partial charge is 0.0654 e. The third kappa shape index (κ3) is 4.48. The summed E-state index contributed by atoms with van der Waals surface area (Å²) in [6.45, 7) is 14.2. The summed E-state index contributed by atoms with van der Waals surface area (Å²) in [6, 6.07) is 0. The van der Waals surface area contributed by atoms with Gasteiger partial charge < -0.3 is 0 Å². The van der Waals surface area contributed by atoms with Crippen LogP contribution in [0.3, 0.4) is 0 Å². The van der Waals surface area contributed by atoms with Crippen LogP contribution in [-0.4, -0.2) is 0 Å². The van der Waals surface area contributed by atoms with Crippen molar-refractivity contribution in [3.63, 3.8) is 0 Å². The predicted octanol–water partition coefficient (Wildman–Crippen LogP) is 5.28. The Hall–Kier alpha value is 0. The average Bonchev–Trinajstić information content (AvgIpc) is 2.03. The molecule has 0 amide bonds. The van der Waals surface area contributed by atoms with Gasteiger partial charge in [-0.05, 0) is 17.3 Å². The van der Waals surface area contributed by atoms with E-state index in [4.69, 9.17) is 0 Å². The number of hydrogen-bond donors (Lipinski definition) is 0. The fourth-order valence-corrected chi connectivity index (χ4v) is 2.94. The summed E-state index contributed by atoms with van der Waals surface area (Å²) in [4.78, 5) is 0. The van der Waals surface area contributed by atoms with Crippen LogP contribution in [0.2, 0.25) is 0 Å². The van der Waals surface area contributed by atoms with Crippen molar-refractivity contribution in [1.29, 1.82) is 0 Å². The molecule has 0 fully saturated rings. The molecule has 14 heavy (non-hydrogen) atoms. The smallest absolute Gasteiger partial charge is 0.0340 e. The van der Waals surface area contributed by atoms with Gasteiger partial charge in [-0.25, -0.2) is 0 Å². The van der Waals surface area contributed by atoms with Gasteiger partial charge in [0.2, 0.25) is 0 Å². The van der Waals surface area contributed by atoms with E-state index in [1.807, 2.05) is 0 Å². The Morgan fingerprint density at radius 3 is 1.50 bits per heavy atom. The van der Waals surface area contributed by atoms with E-state index in [2.05, 4.69) is 41.5 Å². The van der Waals surface area contributed by atoms with Crippen LogP contribution < -0.4 is 0 Å².